The molecule has 0 saturated carbocycles. The quantitative estimate of drug-likeness (QED) is 0.691. The first-order valence-corrected chi connectivity index (χ1v) is 5.84. The van der Waals surface area contributed by atoms with Crippen molar-refractivity contribution < 1.29 is 0 Å². The smallest absolute Gasteiger partial charge is 0.291 e. The summed E-state index contributed by atoms with van der Waals surface area (Å²) in [6, 6.07) is 9.54. The first kappa shape index (κ1) is 11.4. The van der Waals surface area contributed by atoms with Gasteiger partial charge in [-0.05, 0) is 29.7 Å². The largest absolute Gasteiger partial charge is 0.327 e. The summed E-state index contributed by atoms with van der Waals surface area (Å²) in [7, 11) is 0. The lowest BCUT2D eigenvalue weighted by molar-refractivity contribution is 1.06. The second-order valence-electron chi connectivity index (χ2n) is 4.31. The number of nitrogens with zero attached hydrogens (tertiary/aromatic N) is 1. The lowest BCUT2D eigenvalue weighted by atomic mass is 9.99. The molecule has 3 rings (SSSR count). The van der Waals surface area contributed by atoms with Gasteiger partial charge in [0.25, 0.3) is 5.56 Å². The summed E-state index contributed by atoms with van der Waals surface area (Å²) in [6.07, 6.45) is 1.58. The highest BCUT2D eigenvalue weighted by molar-refractivity contribution is 5.92. The molecule has 0 radical (unpaired) electrons. The van der Waals surface area contributed by atoms with Gasteiger partial charge in [0.1, 0.15) is 5.65 Å². The molecule has 2 heterocycles. The molecule has 0 spiro atoms. The maximum Gasteiger partial charge on any atom is 0.327 e. The van der Waals surface area contributed by atoms with E-state index in [4.69, 9.17) is 0 Å². The fourth-order valence-electron chi connectivity index (χ4n) is 2.19. The molecular weight excluding hydrogens is 242 g/mol. The zero-order chi connectivity index (χ0) is 13.4. The van der Waals surface area contributed by atoms with Gasteiger partial charge in [-0.2, -0.15) is 0 Å². The minimum atomic E-state index is -0.549. The zero-order valence-corrected chi connectivity index (χ0v) is 10.2. The van der Waals surface area contributed by atoms with E-state index in [-0.39, 0.29) is 0 Å². The van der Waals surface area contributed by atoms with Gasteiger partial charge in [-0.3, -0.25) is 14.8 Å². The van der Waals surface area contributed by atoms with Crippen LogP contribution in [0.25, 0.3) is 22.2 Å². The van der Waals surface area contributed by atoms with Crippen molar-refractivity contribution in [1.82, 2.24) is 15.0 Å². The summed E-state index contributed by atoms with van der Waals surface area (Å²) in [6.45, 7) is 1.97. The van der Waals surface area contributed by atoms with E-state index >= 15 is 0 Å². The first-order valence-electron chi connectivity index (χ1n) is 5.84. The standard InChI is InChI=1S/C14H11N3O2/c1-8-4-2-3-5-9(8)10-6-7-15-12-11(10)13(18)17-14(19)16-12/h2-7H,1H3,(H2,15,16,17,18,19). The van der Waals surface area contributed by atoms with Crippen molar-refractivity contribution in [2.75, 3.05) is 0 Å². The SMILES string of the molecule is Cc1ccccc1-c1ccnc2[nH]c(=O)[nH]c(=O)c12. The van der Waals surface area contributed by atoms with Crippen LogP contribution in [0.3, 0.4) is 0 Å². The van der Waals surface area contributed by atoms with Gasteiger partial charge in [0.2, 0.25) is 0 Å². The fraction of sp³-hybridized carbons (Fsp3) is 0.0714. The molecule has 3 aromatic rings. The van der Waals surface area contributed by atoms with Crippen LogP contribution >= 0.6 is 0 Å². The van der Waals surface area contributed by atoms with Gasteiger partial charge >= 0.3 is 5.69 Å². The molecule has 0 saturated heterocycles. The highest BCUT2D eigenvalue weighted by Crippen LogP contribution is 2.26. The molecule has 0 aliphatic carbocycles. The summed E-state index contributed by atoms with van der Waals surface area (Å²) < 4.78 is 0. The molecule has 5 nitrogen and oxygen atoms in total. The van der Waals surface area contributed by atoms with Crippen LogP contribution in [0, 0.1) is 6.92 Å². The number of hydrogen-bond donors (Lipinski definition) is 2. The van der Waals surface area contributed by atoms with Gasteiger partial charge < -0.3 is 0 Å². The Labute approximate surface area is 108 Å². The molecule has 5 heteroatoms. The molecule has 0 amide bonds. The Morgan fingerprint density at radius 1 is 1.00 bits per heavy atom. The van der Waals surface area contributed by atoms with Crippen LogP contribution in [0.4, 0.5) is 0 Å². The molecule has 0 aliphatic rings. The molecule has 0 bridgehead atoms. The third kappa shape index (κ3) is 1.85. The number of hydrogen-bond acceptors (Lipinski definition) is 3. The van der Waals surface area contributed by atoms with E-state index in [1.807, 2.05) is 31.2 Å². The monoisotopic (exact) mass is 253 g/mol. The van der Waals surface area contributed by atoms with Crippen molar-refractivity contribution in [3.05, 3.63) is 62.9 Å². The Balaban J connectivity index is 2.47. The van der Waals surface area contributed by atoms with Gasteiger partial charge in [-0.15, -0.1) is 0 Å². The van der Waals surface area contributed by atoms with E-state index in [0.29, 0.717) is 11.0 Å². The molecule has 19 heavy (non-hydrogen) atoms. The summed E-state index contributed by atoms with van der Waals surface area (Å²) >= 11 is 0. The molecule has 0 fully saturated rings. The Bertz CT molecular complexity index is 877. The van der Waals surface area contributed by atoms with Crippen LogP contribution in [0.5, 0.6) is 0 Å². The van der Waals surface area contributed by atoms with Crippen LogP contribution < -0.4 is 11.2 Å². The third-order valence-electron chi connectivity index (χ3n) is 3.07. The fourth-order valence-corrected chi connectivity index (χ4v) is 2.19. The lowest BCUT2D eigenvalue weighted by Gasteiger charge is -2.07. The number of aromatic amines is 2. The maximum atomic E-state index is 12.0. The normalized spacial score (nSPS) is 10.8. The van der Waals surface area contributed by atoms with Crippen molar-refractivity contribution in [2.24, 2.45) is 0 Å². The zero-order valence-electron chi connectivity index (χ0n) is 10.2. The van der Waals surface area contributed by atoms with E-state index in [1.165, 1.54) is 0 Å². The van der Waals surface area contributed by atoms with E-state index in [9.17, 15) is 9.59 Å². The molecular formula is C14H11N3O2. The molecule has 94 valence electrons. The van der Waals surface area contributed by atoms with Crippen molar-refractivity contribution in [2.45, 2.75) is 6.92 Å². The lowest BCUT2D eigenvalue weighted by Crippen LogP contribution is -2.22. The topological polar surface area (TPSA) is 78.6 Å². The predicted octanol–water partition coefficient (Wildman–Crippen LogP) is 1.59. The number of aryl methyl sites for hydroxylation is 1. The molecule has 0 unspecified atom stereocenters. The minimum absolute atomic E-state index is 0.300. The average molecular weight is 253 g/mol. The molecule has 0 atom stereocenters. The van der Waals surface area contributed by atoms with Crippen molar-refractivity contribution in [1.29, 1.82) is 0 Å². The molecule has 0 aliphatic heterocycles. The Hall–Kier alpha value is -2.69. The number of benzene rings is 1. The van der Waals surface area contributed by atoms with Crippen LogP contribution in [0.1, 0.15) is 5.56 Å². The summed E-state index contributed by atoms with van der Waals surface area (Å²) in [4.78, 5) is 32.1. The third-order valence-corrected chi connectivity index (χ3v) is 3.07. The first-order chi connectivity index (χ1) is 9.16. The number of H-pyrrole nitrogens is 2. The Morgan fingerprint density at radius 3 is 2.58 bits per heavy atom. The van der Waals surface area contributed by atoms with Crippen LogP contribution in [0.2, 0.25) is 0 Å². The van der Waals surface area contributed by atoms with Crippen molar-refractivity contribution >= 4 is 11.0 Å². The van der Waals surface area contributed by atoms with Gasteiger partial charge in [-0.25, -0.2) is 9.78 Å². The van der Waals surface area contributed by atoms with Crippen LogP contribution in [-0.4, -0.2) is 15.0 Å². The van der Waals surface area contributed by atoms with Gasteiger partial charge in [0, 0.05) is 6.20 Å². The maximum absolute atomic E-state index is 12.0. The highest BCUT2D eigenvalue weighted by Gasteiger charge is 2.10. The second-order valence-corrected chi connectivity index (χ2v) is 4.31. The predicted molar refractivity (Wildman–Crippen MR) is 73.2 cm³/mol. The van der Waals surface area contributed by atoms with Crippen LogP contribution in [-0.2, 0) is 0 Å². The van der Waals surface area contributed by atoms with Gasteiger partial charge in [0.15, 0.2) is 0 Å². The summed E-state index contributed by atoms with van der Waals surface area (Å²) in [5, 5.41) is 0.399. The minimum Gasteiger partial charge on any atom is -0.291 e. The number of aromatic nitrogens is 3. The summed E-state index contributed by atoms with van der Waals surface area (Å²) in [5.74, 6) is 0. The van der Waals surface area contributed by atoms with Gasteiger partial charge in [0.05, 0.1) is 5.39 Å². The van der Waals surface area contributed by atoms with E-state index in [2.05, 4.69) is 15.0 Å². The Kier molecular flexibility index (Phi) is 2.52. The number of rotatable bonds is 1. The number of nitrogens with one attached hydrogen (secondary N) is 2. The van der Waals surface area contributed by atoms with Crippen molar-refractivity contribution in [3.8, 4) is 11.1 Å². The summed E-state index contributed by atoms with van der Waals surface area (Å²) in [5.41, 5.74) is 2.10. The molecule has 2 aromatic heterocycles. The number of fused-ring (bicyclic) bond motifs is 1. The van der Waals surface area contributed by atoms with E-state index < -0.39 is 11.2 Å². The van der Waals surface area contributed by atoms with Gasteiger partial charge in [-0.1, -0.05) is 24.3 Å². The number of pyridine rings is 1. The molecule has 2 N–H and O–H groups in total. The Morgan fingerprint density at radius 2 is 1.79 bits per heavy atom. The van der Waals surface area contributed by atoms with Crippen LogP contribution in [0.15, 0.2) is 46.1 Å². The second kappa shape index (κ2) is 4.20. The average Bonchev–Trinajstić information content (AvgIpc) is 2.38. The highest BCUT2D eigenvalue weighted by atomic mass is 16.2. The van der Waals surface area contributed by atoms with E-state index in [0.717, 1.165) is 16.7 Å². The van der Waals surface area contributed by atoms with E-state index in [1.54, 1.807) is 12.3 Å². The van der Waals surface area contributed by atoms with Crippen molar-refractivity contribution in [3.63, 3.8) is 0 Å². The molecule has 1 aromatic carbocycles.